The Morgan fingerprint density at radius 2 is 1.06 bits per heavy atom. The van der Waals surface area contributed by atoms with Crippen molar-refractivity contribution in [1.82, 2.24) is 0 Å². The van der Waals surface area contributed by atoms with Crippen molar-refractivity contribution < 1.29 is 29.6 Å². The molecule has 0 amide bonds. The maximum Gasteiger partial charge on any atom is 0.326 e. The van der Waals surface area contributed by atoms with Crippen molar-refractivity contribution in [1.29, 1.82) is 0 Å². The topological polar surface area (TPSA) is 185 Å². The molecule has 4 N–H and O–H groups in total. The number of aliphatic carboxylic acids is 2. The number of carbonyl (C=O) groups is 2. The number of anilines is 2. The first-order chi connectivity index (χ1) is 14.7. The van der Waals surface area contributed by atoms with Crippen molar-refractivity contribution in [2.24, 2.45) is 0 Å². The first-order valence-electron chi connectivity index (χ1n) is 9.15. The number of non-ortho nitro benzene ring substituents is 2. The molecule has 2 rings (SSSR count). The summed E-state index contributed by atoms with van der Waals surface area (Å²) in [5.41, 5.74) is 0.520. The molecule has 12 nitrogen and oxygen atoms in total. The summed E-state index contributed by atoms with van der Waals surface area (Å²) in [7, 11) is 0. The summed E-state index contributed by atoms with van der Waals surface area (Å²) in [4.78, 5) is 43.3. The van der Waals surface area contributed by atoms with Crippen molar-refractivity contribution in [2.75, 3.05) is 10.6 Å². The van der Waals surface area contributed by atoms with Crippen LogP contribution in [0.3, 0.4) is 0 Å². The number of carboxylic acids is 2. The van der Waals surface area contributed by atoms with Gasteiger partial charge in [-0.05, 0) is 43.5 Å². The van der Waals surface area contributed by atoms with Crippen molar-refractivity contribution in [3.8, 4) is 0 Å². The zero-order valence-corrected chi connectivity index (χ0v) is 16.1. The van der Waals surface area contributed by atoms with E-state index >= 15 is 0 Å². The lowest BCUT2D eigenvalue weighted by Gasteiger charge is -2.18. The van der Waals surface area contributed by atoms with Gasteiger partial charge in [-0.1, -0.05) is 0 Å². The molecule has 2 aromatic carbocycles. The van der Waals surface area contributed by atoms with Crippen LogP contribution in [0.4, 0.5) is 22.7 Å². The number of rotatable bonds is 12. The normalized spacial score (nSPS) is 12.4. The molecule has 2 unspecified atom stereocenters. The summed E-state index contributed by atoms with van der Waals surface area (Å²) in [6, 6.07) is 8.52. The van der Waals surface area contributed by atoms with Gasteiger partial charge in [0.2, 0.25) is 0 Å². The van der Waals surface area contributed by atoms with Gasteiger partial charge in [-0.15, -0.1) is 0 Å². The van der Waals surface area contributed by atoms with E-state index in [9.17, 15) is 40.0 Å². The van der Waals surface area contributed by atoms with Gasteiger partial charge in [0.15, 0.2) is 0 Å². The molecular formula is C19H20N4O8. The molecule has 0 heterocycles. The van der Waals surface area contributed by atoms with Gasteiger partial charge in [0.1, 0.15) is 12.1 Å². The third-order valence-electron chi connectivity index (χ3n) is 4.42. The molecular weight excluding hydrogens is 412 g/mol. The van der Waals surface area contributed by atoms with E-state index in [0.717, 1.165) is 0 Å². The standard InChI is InChI=1S/C19H20N4O8/c24-18(25)16(20-12-4-8-14(9-5-12)22(28)29)2-1-3-17(19(26)27)21-13-6-10-15(11-7-13)23(30)31/h4-11,16-17,20-21H,1-3H2,(H,24,25)(H,26,27). The molecule has 0 aliphatic rings. The number of hydrogen-bond acceptors (Lipinski definition) is 8. The average molecular weight is 432 g/mol. The highest BCUT2D eigenvalue weighted by Gasteiger charge is 2.21. The Kier molecular flexibility index (Phi) is 7.83. The summed E-state index contributed by atoms with van der Waals surface area (Å²) < 4.78 is 0. The Bertz CT molecular complexity index is 869. The summed E-state index contributed by atoms with van der Waals surface area (Å²) in [6.45, 7) is 0. The number of nitro groups is 2. The molecule has 12 heteroatoms. The minimum atomic E-state index is -1.14. The molecule has 0 saturated carbocycles. The molecule has 0 aromatic heterocycles. The number of hydrogen-bond donors (Lipinski definition) is 4. The van der Waals surface area contributed by atoms with E-state index in [4.69, 9.17) is 0 Å². The number of nitrogens with one attached hydrogen (secondary N) is 2. The molecule has 2 aromatic rings. The van der Waals surface area contributed by atoms with Crippen LogP contribution in [0.25, 0.3) is 0 Å². The summed E-state index contributed by atoms with van der Waals surface area (Å²) in [5.74, 6) is -2.29. The van der Waals surface area contributed by atoms with Gasteiger partial charge in [-0.2, -0.15) is 0 Å². The molecule has 0 saturated heterocycles. The second-order valence-corrected chi connectivity index (χ2v) is 6.61. The van der Waals surface area contributed by atoms with Crippen molar-refractivity contribution >= 4 is 34.7 Å². The molecule has 0 aliphatic carbocycles. The average Bonchev–Trinajstić information content (AvgIpc) is 2.72. The second-order valence-electron chi connectivity index (χ2n) is 6.61. The van der Waals surface area contributed by atoms with Crippen LogP contribution in [0.5, 0.6) is 0 Å². The molecule has 31 heavy (non-hydrogen) atoms. The summed E-state index contributed by atoms with van der Waals surface area (Å²) in [6.07, 6.45) is 0.462. The maximum absolute atomic E-state index is 11.5. The Labute approximate surface area is 175 Å². The van der Waals surface area contributed by atoms with Gasteiger partial charge in [0.05, 0.1) is 9.85 Å². The fourth-order valence-electron chi connectivity index (χ4n) is 2.80. The lowest BCUT2D eigenvalue weighted by molar-refractivity contribution is -0.385. The second kappa shape index (κ2) is 10.5. The van der Waals surface area contributed by atoms with Gasteiger partial charge in [-0.3, -0.25) is 20.2 Å². The van der Waals surface area contributed by atoms with Gasteiger partial charge in [0, 0.05) is 35.6 Å². The molecule has 164 valence electrons. The summed E-state index contributed by atoms with van der Waals surface area (Å²) in [5, 5.41) is 45.7. The molecule has 0 aliphatic heterocycles. The maximum atomic E-state index is 11.5. The fourth-order valence-corrected chi connectivity index (χ4v) is 2.80. The number of carboxylic acid groups (broad SMARTS) is 2. The Morgan fingerprint density at radius 1 is 0.742 bits per heavy atom. The van der Waals surface area contributed by atoms with E-state index in [1.165, 1.54) is 48.5 Å². The number of benzene rings is 2. The van der Waals surface area contributed by atoms with Crippen LogP contribution in [0.2, 0.25) is 0 Å². The number of nitrogens with zero attached hydrogens (tertiary/aromatic N) is 2. The van der Waals surface area contributed by atoms with E-state index < -0.39 is 33.9 Å². The highest BCUT2D eigenvalue weighted by Crippen LogP contribution is 2.20. The third kappa shape index (κ3) is 6.96. The van der Waals surface area contributed by atoms with Crippen LogP contribution in [-0.2, 0) is 9.59 Å². The largest absolute Gasteiger partial charge is 0.480 e. The quantitative estimate of drug-likeness (QED) is 0.287. The summed E-state index contributed by atoms with van der Waals surface area (Å²) >= 11 is 0. The molecule has 2 atom stereocenters. The van der Waals surface area contributed by atoms with Gasteiger partial charge in [0.25, 0.3) is 11.4 Å². The monoisotopic (exact) mass is 432 g/mol. The minimum absolute atomic E-state index is 0.109. The zero-order chi connectivity index (χ0) is 23.0. The van der Waals surface area contributed by atoms with Crippen molar-refractivity contribution in [3.05, 3.63) is 68.8 Å². The molecule has 0 spiro atoms. The zero-order valence-electron chi connectivity index (χ0n) is 16.1. The Morgan fingerprint density at radius 3 is 1.32 bits per heavy atom. The van der Waals surface area contributed by atoms with Crippen LogP contribution >= 0.6 is 0 Å². The van der Waals surface area contributed by atoms with Crippen LogP contribution < -0.4 is 10.6 Å². The van der Waals surface area contributed by atoms with Crippen LogP contribution in [0, 0.1) is 20.2 Å². The first-order valence-corrected chi connectivity index (χ1v) is 9.15. The van der Waals surface area contributed by atoms with E-state index in [1.54, 1.807) is 0 Å². The highest BCUT2D eigenvalue weighted by molar-refractivity contribution is 5.78. The Balaban J connectivity index is 1.93. The van der Waals surface area contributed by atoms with Gasteiger partial charge >= 0.3 is 11.9 Å². The first kappa shape index (κ1) is 23.1. The van der Waals surface area contributed by atoms with E-state index in [0.29, 0.717) is 11.4 Å². The van der Waals surface area contributed by atoms with E-state index in [2.05, 4.69) is 10.6 Å². The predicted octanol–water partition coefficient (Wildman–Crippen LogP) is 3.10. The Hall–Kier alpha value is -4.22. The molecule has 0 bridgehead atoms. The highest BCUT2D eigenvalue weighted by atomic mass is 16.6. The lowest BCUT2D eigenvalue weighted by atomic mass is 10.0. The van der Waals surface area contributed by atoms with Gasteiger partial charge in [-0.25, -0.2) is 9.59 Å². The third-order valence-corrected chi connectivity index (χ3v) is 4.42. The van der Waals surface area contributed by atoms with Crippen molar-refractivity contribution in [3.63, 3.8) is 0 Å². The predicted molar refractivity (Wildman–Crippen MR) is 110 cm³/mol. The smallest absolute Gasteiger partial charge is 0.326 e. The van der Waals surface area contributed by atoms with Crippen LogP contribution in [0.1, 0.15) is 19.3 Å². The minimum Gasteiger partial charge on any atom is -0.480 e. The van der Waals surface area contributed by atoms with E-state index in [-0.39, 0.29) is 30.6 Å². The number of nitro benzene ring substituents is 2. The SMILES string of the molecule is O=C(O)C(CCCC(Nc1ccc([N+](=O)[O-])cc1)C(=O)O)Nc1ccc([N+](=O)[O-])cc1. The lowest BCUT2D eigenvalue weighted by Crippen LogP contribution is -2.32. The van der Waals surface area contributed by atoms with E-state index in [1.807, 2.05) is 0 Å². The molecule has 0 radical (unpaired) electrons. The van der Waals surface area contributed by atoms with Crippen molar-refractivity contribution in [2.45, 2.75) is 31.3 Å². The molecule has 0 fully saturated rings. The fraction of sp³-hybridized carbons (Fsp3) is 0.263. The van der Waals surface area contributed by atoms with Crippen LogP contribution in [-0.4, -0.2) is 44.1 Å². The van der Waals surface area contributed by atoms with Gasteiger partial charge < -0.3 is 20.8 Å². The van der Waals surface area contributed by atoms with Crippen LogP contribution in [0.15, 0.2) is 48.5 Å².